The predicted molar refractivity (Wildman–Crippen MR) is 82.6 cm³/mol. The van der Waals surface area contributed by atoms with Crippen molar-refractivity contribution < 1.29 is 19.0 Å². The Hall–Kier alpha value is -2.75. The van der Waals surface area contributed by atoms with Gasteiger partial charge in [-0.15, -0.1) is 0 Å². The first-order valence-corrected chi connectivity index (χ1v) is 6.99. The zero-order valence-corrected chi connectivity index (χ0v) is 12.2. The summed E-state index contributed by atoms with van der Waals surface area (Å²) in [7, 11) is 1.60. The highest BCUT2D eigenvalue weighted by atomic mass is 16.5. The van der Waals surface area contributed by atoms with E-state index in [4.69, 9.17) is 14.2 Å². The van der Waals surface area contributed by atoms with Gasteiger partial charge in [0.05, 0.1) is 7.11 Å². The van der Waals surface area contributed by atoms with E-state index >= 15 is 0 Å². The van der Waals surface area contributed by atoms with Crippen molar-refractivity contribution in [2.75, 3.05) is 7.11 Å². The molecule has 112 valence electrons. The zero-order valence-electron chi connectivity index (χ0n) is 12.2. The molecule has 0 saturated heterocycles. The summed E-state index contributed by atoms with van der Waals surface area (Å²) in [4.78, 5) is 11.3. The van der Waals surface area contributed by atoms with Crippen molar-refractivity contribution in [1.82, 2.24) is 0 Å². The van der Waals surface area contributed by atoms with Gasteiger partial charge < -0.3 is 14.2 Å². The van der Waals surface area contributed by atoms with Crippen molar-refractivity contribution in [2.45, 2.75) is 13.2 Å². The monoisotopic (exact) mass is 296 g/mol. The first-order chi connectivity index (χ1) is 10.8. The Balaban J connectivity index is 1.85. The molecule has 0 unspecified atom stereocenters. The molecule has 0 fully saturated rings. The topological polar surface area (TPSA) is 44.8 Å². The minimum atomic E-state index is -0.345. The molecule has 1 aliphatic heterocycles. The minimum Gasteiger partial charge on any atom is -0.493 e. The number of ether oxygens (including phenoxy) is 3. The minimum absolute atomic E-state index is 0.229. The fourth-order valence-corrected chi connectivity index (χ4v) is 2.26. The van der Waals surface area contributed by atoms with Crippen LogP contribution in [0.25, 0.3) is 6.08 Å². The molecule has 0 N–H and O–H groups in total. The molecular weight excluding hydrogens is 280 g/mol. The number of carbonyl (C=O) groups is 1. The van der Waals surface area contributed by atoms with Crippen LogP contribution in [-0.4, -0.2) is 13.1 Å². The Bertz CT molecular complexity index is 705. The molecule has 3 rings (SSSR count). The van der Waals surface area contributed by atoms with E-state index in [2.05, 4.69) is 0 Å². The van der Waals surface area contributed by atoms with E-state index in [0.717, 1.165) is 16.7 Å². The summed E-state index contributed by atoms with van der Waals surface area (Å²) in [6.45, 7) is 0.679. The normalized spacial score (nSPS) is 13.0. The van der Waals surface area contributed by atoms with Gasteiger partial charge in [0.2, 0.25) is 0 Å². The summed E-state index contributed by atoms with van der Waals surface area (Å²) in [6, 6.07) is 13.6. The lowest BCUT2D eigenvalue weighted by Gasteiger charge is -2.14. The second kappa shape index (κ2) is 6.35. The Morgan fingerprint density at radius 3 is 2.68 bits per heavy atom. The third kappa shape index (κ3) is 3.11. The Kier molecular flexibility index (Phi) is 4.10. The average Bonchev–Trinajstić information content (AvgIpc) is 2.74. The van der Waals surface area contributed by atoms with E-state index < -0.39 is 0 Å². The lowest BCUT2D eigenvalue weighted by atomic mass is 10.1. The van der Waals surface area contributed by atoms with Crippen LogP contribution in [0.4, 0.5) is 0 Å². The maximum atomic E-state index is 11.3. The van der Waals surface area contributed by atoms with Crippen molar-refractivity contribution in [1.29, 1.82) is 0 Å². The van der Waals surface area contributed by atoms with Crippen molar-refractivity contribution in [3.8, 4) is 11.5 Å². The van der Waals surface area contributed by atoms with Crippen molar-refractivity contribution in [3.63, 3.8) is 0 Å². The molecule has 4 heteroatoms. The number of esters is 1. The number of methoxy groups -OCH3 is 1. The summed E-state index contributed by atoms with van der Waals surface area (Å²) in [6.07, 6.45) is 3.14. The van der Waals surface area contributed by atoms with E-state index in [1.54, 1.807) is 13.2 Å². The van der Waals surface area contributed by atoms with Gasteiger partial charge in [0.25, 0.3) is 0 Å². The van der Waals surface area contributed by atoms with E-state index in [1.165, 1.54) is 6.08 Å². The molecule has 1 heterocycles. The third-order valence-corrected chi connectivity index (χ3v) is 3.43. The number of fused-ring (bicyclic) bond motifs is 1. The Labute approximate surface area is 128 Å². The molecule has 0 aliphatic carbocycles. The van der Waals surface area contributed by atoms with Crippen molar-refractivity contribution in [3.05, 3.63) is 65.2 Å². The van der Waals surface area contributed by atoms with Crippen molar-refractivity contribution >= 4 is 12.0 Å². The molecule has 22 heavy (non-hydrogen) atoms. The molecule has 0 aromatic heterocycles. The predicted octanol–water partition coefficient (Wildman–Crippen LogP) is 3.34. The largest absolute Gasteiger partial charge is 0.493 e. The standard InChI is InChI=1S/C18H16O4/c1-20-16-9-14-7-8-18(19)22-12-15(14)10-17(16)21-11-13-5-3-2-4-6-13/h2-10H,11-12H2,1H3. The maximum Gasteiger partial charge on any atom is 0.331 e. The molecule has 0 amide bonds. The highest BCUT2D eigenvalue weighted by molar-refractivity contribution is 5.88. The fourth-order valence-electron chi connectivity index (χ4n) is 2.26. The van der Waals surface area contributed by atoms with E-state index in [0.29, 0.717) is 18.1 Å². The molecule has 0 atom stereocenters. The molecule has 2 aromatic rings. The summed E-state index contributed by atoms with van der Waals surface area (Å²) in [5, 5.41) is 0. The van der Waals surface area contributed by atoms with Gasteiger partial charge in [-0.05, 0) is 29.3 Å². The first kappa shape index (κ1) is 14.2. The van der Waals surface area contributed by atoms with Gasteiger partial charge in [-0.25, -0.2) is 4.79 Å². The van der Waals surface area contributed by atoms with Gasteiger partial charge in [-0.3, -0.25) is 0 Å². The molecular formula is C18H16O4. The molecule has 4 nitrogen and oxygen atoms in total. The second-order valence-corrected chi connectivity index (χ2v) is 4.92. The van der Waals surface area contributed by atoms with Crippen LogP contribution in [-0.2, 0) is 22.7 Å². The van der Waals surface area contributed by atoms with Crippen LogP contribution in [0.1, 0.15) is 16.7 Å². The van der Waals surface area contributed by atoms with Crippen LogP contribution in [0.15, 0.2) is 48.5 Å². The van der Waals surface area contributed by atoms with Gasteiger partial charge in [-0.1, -0.05) is 30.3 Å². The first-order valence-electron chi connectivity index (χ1n) is 6.99. The van der Waals surface area contributed by atoms with Gasteiger partial charge in [0.15, 0.2) is 11.5 Å². The summed E-state index contributed by atoms with van der Waals surface area (Å²) in [5.41, 5.74) is 2.87. The molecule has 0 radical (unpaired) electrons. The van der Waals surface area contributed by atoms with Gasteiger partial charge in [0, 0.05) is 11.6 Å². The SMILES string of the molecule is COc1cc2c(cc1OCc1ccccc1)COC(=O)C=C2. The summed E-state index contributed by atoms with van der Waals surface area (Å²) < 4.78 is 16.3. The summed E-state index contributed by atoms with van der Waals surface area (Å²) >= 11 is 0. The molecule has 1 aliphatic rings. The van der Waals surface area contributed by atoms with E-state index in [-0.39, 0.29) is 12.6 Å². The molecule has 0 saturated carbocycles. The van der Waals surface area contributed by atoms with Crippen LogP contribution in [0.2, 0.25) is 0 Å². The van der Waals surface area contributed by atoms with Crippen LogP contribution >= 0.6 is 0 Å². The third-order valence-electron chi connectivity index (χ3n) is 3.43. The van der Waals surface area contributed by atoms with Gasteiger partial charge in [0.1, 0.15) is 13.2 Å². The number of hydrogen-bond acceptors (Lipinski definition) is 4. The van der Waals surface area contributed by atoms with Crippen LogP contribution in [0, 0.1) is 0 Å². The van der Waals surface area contributed by atoms with Crippen LogP contribution in [0.3, 0.4) is 0 Å². The molecule has 0 spiro atoms. The quantitative estimate of drug-likeness (QED) is 0.812. The highest BCUT2D eigenvalue weighted by Crippen LogP contribution is 2.33. The van der Waals surface area contributed by atoms with Crippen LogP contribution in [0.5, 0.6) is 11.5 Å². The van der Waals surface area contributed by atoms with E-state index in [9.17, 15) is 4.79 Å². The fraction of sp³-hybridized carbons (Fsp3) is 0.167. The number of carbonyl (C=O) groups excluding carboxylic acids is 1. The van der Waals surface area contributed by atoms with Crippen molar-refractivity contribution in [2.24, 2.45) is 0 Å². The van der Waals surface area contributed by atoms with Crippen LogP contribution < -0.4 is 9.47 Å². The zero-order chi connectivity index (χ0) is 15.4. The Morgan fingerprint density at radius 1 is 1.09 bits per heavy atom. The Morgan fingerprint density at radius 2 is 1.91 bits per heavy atom. The molecule has 2 aromatic carbocycles. The number of hydrogen-bond donors (Lipinski definition) is 0. The smallest absolute Gasteiger partial charge is 0.331 e. The number of rotatable bonds is 4. The average molecular weight is 296 g/mol. The molecule has 0 bridgehead atoms. The van der Waals surface area contributed by atoms with Gasteiger partial charge in [-0.2, -0.15) is 0 Å². The summed E-state index contributed by atoms with van der Waals surface area (Å²) in [5.74, 6) is 0.923. The second-order valence-electron chi connectivity index (χ2n) is 4.92. The number of benzene rings is 2. The maximum absolute atomic E-state index is 11.3. The highest BCUT2D eigenvalue weighted by Gasteiger charge is 2.14. The lowest BCUT2D eigenvalue weighted by molar-refractivity contribution is -0.138. The lowest BCUT2D eigenvalue weighted by Crippen LogP contribution is -2.01. The van der Waals surface area contributed by atoms with Gasteiger partial charge >= 0.3 is 5.97 Å². The van der Waals surface area contributed by atoms with E-state index in [1.807, 2.05) is 42.5 Å². The number of cyclic esters (lactones) is 1.